The SMILES string of the molecule is Cc1cccc(Cc2cnc(NC(=O)c3cc4ccccc4oc3=O)s2)c1Cl. The van der Waals surface area contributed by atoms with E-state index in [4.69, 9.17) is 16.0 Å². The van der Waals surface area contributed by atoms with E-state index in [1.54, 1.807) is 24.4 Å². The lowest BCUT2D eigenvalue weighted by Crippen LogP contribution is -2.20. The molecule has 0 aliphatic carbocycles. The number of fused-ring (bicyclic) bond motifs is 1. The second kappa shape index (κ2) is 7.58. The summed E-state index contributed by atoms with van der Waals surface area (Å²) in [5.74, 6) is -0.547. The maximum absolute atomic E-state index is 12.5. The van der Waals surface area contributed by atoms with Gasteiger partial charge in [-0.05, 0) is 30.2 Å². The molecule has 4 aromatic rings. The molecule has 0 unspecified atom stereocenters. The standard InChI is InChI=1S/C21H15ClN2O3S/c1-12-5-4-7-14(18(12)22)9-15-11-23-21(28-15)24-19(25)16-10-13-6-2-3-8-17(13)27-20(16)26/h2-8,10-11H,9H2,1H3,(H,23,24,25). The van der Waals surface area contributed by atoms with Crippen molar-refractivity contribution in [2.75, 3.05) is 5.32 Å². The lowest BCUT2D eigenvalue weighted by atomic mass is 10.1. The van der Waals surface area contributed by atoms with Crippen LogP contribution >= 0.6 is 22.9 Å². The maximum atomic E-state index is 12.5. The molecule has 2 aromatic heterocycles. The second-order valence-electron chi connectivity index (χ2n) is 6.30. The molecule has 0 aliphatic rings. The van der Waals surface area contributed by atoms with E-state index in [2.05, 4.69) is 10.3 Å². The number of amides is 1. The number of benzene rings is 2. The van der Waals surface area contributed by atoms with Gasteiger partial charge in [-0.2, -0.15) is 0 Å². The van der Waals surface area contributed by atoms with Crippen LogP contribution in [0.15, 0.2) is 63.9 Å². The van der Waals surface area contributed by atoms with Crippen molar-refractivity contribution < 1.29 is 9.21 Å². The Labute approximate surface area is 169 Å². The summed E-state index contributed by atoms with van der Waals surface area (Å²) in [6.45, 7) is 1.96. The van der Waals surface area contributed by atoms with Crippen molar-refractivity contribution in [3.05, 3.63) is 91.7 Å². The summed E-state index contributed by atoms with van der Waals surface area (Å²) in [4.78, 5) is 29.8. The van der Waals surface area contributed by atoms with Gasteiger partial charge in [-0.25, -0.2) is 9.78 Å². The monoisotopic (exact) mass is 410 g/mol. The molecule has 0 saturated heterocycles. The molecule has 0 radical (unpaired) electrons. The van der Waals surface area contributed by atoms with Crippen LogP contribution in [0, 0.1) is 6.92 Å². The zero-order valence-electron chi connectivity index (χ0n) is 14.9. The van der Waals surface area contributed by atoms with E-state index in [0.29, 0.717) is 22.5 Å². The Morgan fingerprint density at radius 1 is 1.21 bits per heavy atom. The number of aryl methyl sites for hydroxylation is 1. The minimum atomic E-state index is -0.681. The molecule has 0 aliphatic heterocycles. The molecule has 28 heavy (non-hydrogen) atoms. The fourth-order valence-corrected chi connectivity index (χ4v) is 3.89. The third-order valence-corrected chi connectivity index (χ3v) is 5.75. The highest BCUT2D eigenvalue weighted by molar-refractivity contribution is 7.15. The molecule has 0 atom stereocenters. The summed E-state index contributed by atoms with van der Waals surface area (Å²) in [7, 11) is 0. The molecule has 1 amide bonds. The summed E-state index contributed by atoms with van der Waals surface area (Å²) in [5.41, 5.74) is 1.71. The number of nitrogens with zero attached hydrogens (tertiary/aromatic N) is 1. The maximum Gasteiger partial charge on any atom is 0.349 e. The highest BCUT2D eigenvalue weighted by Gasteiger charge is 2.16. The van der Waals surface area contributed by atoms with Crippen LogP contribution in [0.25, 0.3) is 11.0 Å². The number of anilines is 1. The first kappa shape index (κ1) is 18.4. The van der Waals surface area contributed by atoms with Gasteiger partial charge in [0.25, 0.3) is 5.91 Å². The van der Waals surface area contributed by atoms with Gasteiger partial charge in [-0.3, -0.25) is 10.1 Å². The van der Waals surface area contributed by atoms with Crippen LogP contribution in [-0.2, 0) is 6.42 Å². The van der Waals surface area contributed by atoms with E-state index < -0.39 is 11.5 Å². The molecule has 0 fully saturated rings. The van der Waals surface area contributed by atoms with Crippen molar-refractivity contribution in [3.63, 3.8) is 0 Å². The second-order valence-corrected chi connectivity index (χ2v) is 7.79. The molecule has 2 heterocycles. The van der Waals surface area contributed by atoms with Crippen LogP contribution in [0.2, 0.25) is 5.02 Å². The number of rotatable bonds is 4. The van der Waals surface area contributed by atoms with Gasteiger partial charge in [-0.15, -0.1) is 11.3 Å². The Balaban J connectivity index is 1.54. The summed E-state index contributed by atoms with van der Waals surface area (Å²) in [6, 6.07) is 14.4. The van der Waals surface area contributed by atoms with E-state index >= 15 is 0 Å². The van der Waals surface area contributed by atoms with Gasteiger partial charge in [0.15, 0.2) is 5.13 Å². The molecule has 1 N–H and O–H groups in total. The number of para-hydroxylation sites is 1. The Morgan fingerprint density at radius 2 is 2.04 bits per heavy atom. The topological polar surface area (TPSA) is 72.2 Å². The summed E-state index contributed by atoms with van der Waals surface area (Å²) in [6.07, 6.45) is 2.31. The molecule has 4 rings (SSSR count). The average Bonchev–Trinajstić information content (AvgIpc) is 3.11. The summed E-state index contributed by atoms with van der Waals surface area (Å²) >= 11 is 7.69. The quantitative estimate of drug-likeness (QED) is 0.477. The highest BCUT2D eigenvalue weighted by atomic mass is 35.5. The third kappa shape index (κ3) is 3.69. The Bertz CT molecular complexity index is 1250. The Kier molecular flexibility index (Phi) is 4.98. The third-order valence-electron chi connectivity index (χ3n) is 4.30. The van der Waals surface area contributed by atoms with Crippen molar-refractivity contribution >= 4 is 44.9 Å². The van der Waals surface area contributed by atoms with Gasteiger partial charge in [0.05, 0.1) is 0 Å². The summed E-state index contributed by atoms with van der Waals surface area (Å²) in [5, 5.41) is 4.50. The number of halogens is 1. The first-order valence-electron chi connectivity index (χ1n) is 8.54. The number of aromatic nitrogens is 1. The molecule has 2 aromatic carbocycles. The Hall–Kier alpha value is -2.96. The van der Waals surface area contributed by atoms with Gasteiger partial charge in [0.1, 0.15) is 11.1 Å². The van der Waals surface area contributed by atoms with Crippen molar-refractivity contribution in [3.8, 4) is 0 Å². The van der Waals surface area contributed by atoms with Crippen LogP contribution in [0.5, 0.6) is 0 Å². The molecule has 0 saturated carbocycles. The van der Waals surface area contributed by atoms with Crippen molar-refractivity contribution in [2.45, 2.75) is 13.3 Å². The number of carbonyl (C=O) groups is 1. The predicted octanol–water partition coefficient (Wildman–Crippen LogP) is 5.05. The lowest BCUT2D eigenvalue weighted by Gasteiger charge is -2.04. The van der Waals surface area contributed by atoms with Crippen LogP contribution in [0.3, 0.4) is 0 Å². The number of hydrogen-bond donors (Lipinski definition) is 1. The van der Waals surface area contributed by atoms with Crippen molar-refractivity contribution in [1.29, 1.82) is 0 Å². The van der Waals surface area contributed by atoms with Crippen LogP contribution in [0.1, 0.15) is 26.4 Å². The number of nitrogens with one attached hydrogen (secondary N) is 1. The lowest BCUT2D eigenvalue weighted by molar-refractivity contribution is 0.102. The first-order chi connectivity index (χ1) is 13.5. The van der Waals surface area contributed by atoms with E-state index in [-0.39, 0.29) is 5.56 Å². The number of thiazole rings is 1. The van der Waals surface area contributed by atoms with E-state index in [9.17, 15) is 9.59 Å². The molecule has 0 spiro atoms. The van der Waals surface area contributed by atoms with Gasteiger partial charge in [0.2, 0.25) is 0 Å². The first-order valence-corrected chi connectivity index (χ1v) is 9.73. The van der Waals surface area contributed by atoms with Crippen molar-refractivity contribution in [2.24, 2.45) is 0 Å². The van der Waals surface area contributed by atoms with E-state index in [0.717, 1.165) is 21.0 Å². The predicted molar refractivity (Wildman–Crippen MR) is 112 cm³/mol. The van der Waals surface area contributed by atoms with Crippen LogP contribution in [-0.4, -0.2) is 10.9 Å². The molecule has 5 nitrogen and oxygen atoms in total. The van der Waals surface area contributed by atoms with Gasteiger partial charge in [-0.1, -0.05) is 48.0 Å². The van der Waals surface area contributed by atoms with E-state index in [1.807, 2.05) is 31.2 Å². The minimum Gasteiger partial charge on any atom is -0.422 e. The molecule has 140 valence electrons. The van der Waals surface area contributed by atoms with E-state index in [1.165, 1.54) is 17.4 Å². The van der Waals surface area contributed by atoms with Crippen LogP contribution in [0.4, 0.5) is 5.13 Å². The molecule has 7 heteroatoms. The fraction of sp³-hybridized carbons (Fsp3) is 0.0952. The van der Waals surface area contributed by atoms with Gasteiger partial charge >= 0.3 is 5.63 Å². The Morgan fingerprint density at radius 3 is 2.89 bits per heavy atom. The molecular weight excluding hydrogens is 396 g/mol. The largest absolute Gasteiger partial charge is 0.422 e. The van der Waals surface area contributed by atoms with Crippen molar-refractivity contribution in [1.82, 2.24) is 4.98 Å². The zero-order valence-corrected chi connectivity index (χ0v) is 16.4. The van der Waals surface area contributed by atoms with Gasteiger partial charge in [0, 0.05) is 27.9 Å². The highest BCUT2D eigenvalue weighted by Crippen LogP contribution is 2.27. The average molecular weight is 411 g/mol. The smallest absolute Gasteiger partial charge is 0.349 e. The molecule has 0 bridgehead atoms. The fourth-order valence-electron chi connectivity index (χ4n) is 2.86. The number of carbonyl (C=O) groups excluding carboxylic acids is 1. The van der Waals surface area contributed by atoms with Crippen LogP contribution < -0.4 is 10.9 Å². The summed E-state index contributed by atoms with van der Waals surface area (Å²) < 4.78 is 5.21. The normalized spacial score (nSPS) is 10.9. The van der Waals surface area contributed by atoms with Gasteiger partial charge < -0.3 is 4.42 Å². The molecular formula is C21H15ClN2O3S. The zero-order chi connectivity index (χ0) is 19.7. The minimum absolute atomic E-state index is 0.0582. The number of hydrogen-bond acceptors (Lipinski definition) is 5.